The number of carbonyl (C=O) groups excluding carboxylic acids is 2. The molecule has 0 atom stereocenters. The van der Waals surface area contributed by atoms with Crippen molar-refractivity contribution in [2.45, 2.75) is 58.7 Å². The monoisotopic (exact) mass is 387 g/mol. The fourth-order valence-electron chi connectivity index (χ4n) is 3.87. The second kappa shape index (κ2) is 7.83. The summed E-state index contributed by atoms with van der Waals surface area (Å²) in [6.45, 7) is 6.01. The topological polar surface area (TPSA) is 97.9 Å². The molecule has 2 heterocycles. The molecule has 152 valence electrons. The van der Waals surface area contributed by atoms with Crippen molar-refractivity contribution >= 4 is 11.7 Å². The maximum atomic E-state index is 12.4. The molecule has 9 nitrogen and oxygen atoms in total. The van der Waals surface area contributed by atoms with E-state index in [-0.39, 0.29) is 24.3 Å². The number of rotatable bonds is 7. The zero-order valence-corrected chi connectivity index (χ0v) is 17.5. The minimum atomic E-state index is -0.0876. The van der Waals surface area contributed by atoms with Crippen LogP contribution in [0.5, 0.6) is 0 Å². The van der Waals surface area contributed by atoms with E-state index < -0.39 is 0 Å². The Balaban J connectivity index is 1.54. The molecule has 28 heavy (non-hydrogen) atoms. The summed E-state index contributed by atoms with van der Waals surface area (Å²) in [6, 6.07) is 0.135. The Hall–Kier alpha value is -2.55. The normalized spacial score (nSPS) is 19.0. The molecule has 1 saturated carbocycles. The first kappa shape index (κ1) is 20.2. The summed E-state index contributed by atoms with van der Waals surface area (Å²) in [4.78, 5) is 26.2. The van der Waals surface area contributed by atoms with Crippen molar-refractivity contribution in [1.82, 2.24) is 34.8 Å². The number of nitrogens with one attached hydrogen (secondary N) is 1. The smallest absolute Gasteiger partial charge is 0.241 e. The molecule has 1 amide bonds. The average Bonchev–Trinajstić information content (AvgIpc) is 3.03. The van der Waals surface area contributed by atoms with Crippen LogP contribution < -0.4 is 5.32 Å². The van der Waals surface area contributed by atoms with Crippen LogP contribution in [0.1, 0.15) is 59.1 Å². The molecule has 0 saturated heterocycles. The first-order valence-corrected chi connectivity index (χ1v) is 9.54. The molecule has 9 heteroatoms. The summed E-state index contributed by atoms with van der Waals surface area (Å²) >= 11 is 0. The Morgan fingerprint density at radius 3 is 2.46 bits per heavy atom. The molecule has 1 aliphatic rings. The number of hydrogen-bond donors (Lipinski definition) is 1. The summed E-state index contributed by atoms with van der Waals surface area (Å²) in [5.74, 6) is 2.12. The van der Waals surface area contributed by atoms with Gasteiger partial charge in [-0.25, -0.2) is 0 Å². The fraction of sp³-hybridized carbons (Fsp3) is 0.632. The first-order chi connectivity index (χ1) is 13.2. The van der Waals surface area contributed by atoms with Crippen molar-refractivity contribution in [3.8, 4) is 0 Å². The maximum Gasteiger partial charge on any atom is 0.241 e. The van der Waals surface area contributed by atoms with Crippen molar-refractivity contribution in [2.75, 3.05) is 14.1 Å². The van der Waals surface area contributed by atoms with Gasteiger partial charge >= 0.3 is 0 Å². The van der Waals surface area contributed by atoms with Gasteiger partial charge in [-0.05, 0) is 47.7 Å². The highest BCUT2D eigenvalue weighted by Gasteiger charge is 2.35. The predicted octanol–water partition coefficient (Wildman–Crippen LogP) is 0.955. The minimum Gasteiger partial charge on any atom is -0.352 e. The van der Waals surface area contributed by atoms with E-state index in [2.05, 4.69) is 30.1 Å². The van der Waals surface area contributed by atoms with Crippen molar-refractivity contribution < 1.29 is 9.59 Å². The number of nitrogens with zero attached hydrogens (tertiary/aromatic N) is 6. The molecule has 0 aliphatic heterocycles. The number of aryl methyl sites for hydroxylation is 1. The van der Waals surface area contributed by atoms with Crippen LogP contribution in [0, 0.1) is 13.8 Å². The largest absolute Gasteiger partial charge is 0.352 e. The summed E-state index contributed by atoms with van der Waals surface area (Å²) in [7, 11) is 6.01. The molecule has 0 spiro atoms. The van der Waals surface area contributed by atoms with E-state index in [1.165, 1.54) is 6.92 Å². The van der Waals surface area contributed by atoms with E-state index in [0.29, 0.717) is 17.2 Å². The van der Waals surface area contributed by atoms with Gasteiger partial charge in [-0.1, -0.05) is 0 Å². The molecule has 0 bridgehead atoms. The van der Waals surface area contributed by atoms with Gasteiger partial charge in [0.15, 0.2) is 5.78 Å². The lowest BCUT2D eigenvalue weighted by molar-refractivity contribution is -0.123. The quantitative estimate of drug-likeness (QED) is 0.711. The fourth-order valence-corrected chi connectivity index (χ4v) is 3.87. The van der Waals surface area contributed by atoms with E-state index in [1.54, 1.807) is 11.6 Å². The maximum absolute atomic E-state index is 12.4. The number of carbonyl (C=O) groups is 2. The summed E-state index contributed by atoms with van der Waals surface area (Å²) in [6.07, 6.45) is 1.71. The van der Waals surface area contributed by atoms with Crippen LogP contribution in [-0.4, -0.2) is 61.3 Å². The highest BCUT2D eigenvalue weighted by atomic mass is 16.2. The average molecular weight is 387 g/mol. The van der Waals surface area contributed by atoms with Crippen molar-refractivity contribution in [1.29, 1.82) is 0 Å². The van der Waals surface area contributed by atoms with Crippen LogP contribution in [0.3, 0.4) is 0 Å². The van der Waals surface area contributed by atoms with E-state index in [1.807, 2.05) is 28.1 Å². The third kappa shape index (κ3) is 3.99. The second-order valence-electron chi connectivity index (χ2n) is 7.96. The molecular formula is C19H29N7O2. The van der Waals surface area contributed by atoms with Crippen LogP contribution in [0.4, 0.5) is 0 Å². The predicted molar refractivity (Wildman–Crippen MR) is 104 cm³/mol. The van der Waals surface area contributed by atoms with Crippen LogP contribution >= 0.6 is 0 Å². The van der Waals surface area contributed by atoms with Crippen molar-refractivity contribution in [2.24, 2.45) is 7.05 Å². The van der Waals surface area contributed by atoms with Crippen LogP contribution in [-0.2, 0) is 24.9 Å². The van der Waals surface area contributed by atoms with Gasteiger partial charge in [-0.15, -0.1) is 10.2 Å². The Labute approximate surface area is 165 Å². The van der Waals surface area contributed by atoms with Gasteiger partial charge in [0.1, 0.15) is 18.2 Å². The van der Waals surface area contributed by atoms with Gasteiger partial charge < -0.3 is 14.8 Å². The molecule has 1 fully saturated rings. The summed E-state index contributed by atoms with van der Waals surface area (Å²) < 4.78 is 3.66. The number of ketones is 1. The molecule has 0 aromatic carbocycles. The van der Waals surface area contributed by atoms with Crippen molar-refractivity contribution in [3.63, 3.8) is 0 Å². The third-order valence-corrected chi connectivity index (χ3v) is 5.35. The van der Waals surface area contributed by atoms with E-state index in [0.717, 1.165) is 36.7 Å². The zero-order valence-electron chi connectivity index (χ0n) is 17.5. The van der Waals surface area contributed by atoms with Gasteiger partial charge in [0.2, 0.25) is 5.91 Å². The SMILES string of the molecule is CC(=O)c1c(C)nn(CC(=O)NC2CC(c3nnc(CN(C)C)n3C)C2)c1C. The lowest BCUT2D eigenvalue weighted by atomic mass is 9.79. The third-order valence-electron chi connectivity index (χ3n) is 5.35. The molecule has 0 radical (unpaired) electrons. The Morgan fingerprint density at radius 1 is 1.21 bits per heavy atom. The number of amides is 1. The number of hydrogen-bond acceptors (Lipinski definition) is 6. The molecule has 1 aliphatic carbocycles. The van der Waals surface area contributed by atoms with Gasteiger partial charge in [-0.3, -0.25) is 14.3 Å². The number of Topliss-reactive ketones (excluding diaryl/α,β-unsaturated/α-hetero) is 1. The molecule has 2 aromatic heterocycles. The molecule has 2 aromatic rings. The van der Waals surface area contributed by atoms with Crippen LogP contribution in [0.2, 0.25) is 0 Å². The highest BCUT2D eigenvalue weighted by Crippen LogP contribution is 2.35. The summed E-state index contributed by atoms with van der Waals surface area (Å²) in [5.41, 5.74) is 2.00. The van der Waals surface area contributed by atoms with Gasteiger partial charge in [-0.2, -0.15) is 5.10 Å². The number of aromatic nitrogens is 5. The van der Waals surface area contributed by atoms with Gasteiger partial charge in [0, 0.05) is 24.7 Å². The van der Waals surface area contributed by atoms with Crippen LogP contribution in [0.25, 0.3) is 0 Å². The Bertz CT molecular complexity index is 890. The molecule has 1 N–H and O–H groups in total. The Morgan fingerprint density at radius 2 is 1.89 bits per heavy atom. The Kier molecular flexibility index (Phi) is 5.64. The first-order valence-electron chi connectivity index (χ1n) is 9.54. The van der Waals surface area contributed by atoms with Crippen molar-refractivity contribution in [3.05, 3.63) is 28.6 Å². The van der Waals surface area contributed by atoms with Gasteiger partial charge in [0.05, 0.1) is 17.8 Å². The minimum absolute atomic E-state index is 0.0270. The highest BCUT2D eigenvalue weighted by molar-refractivity contribution is 5.96. The van der Waals surface area contributed by atoms with E-state index in [9.17, 15) is 9.59 Å². The lowest BCUT2D eigenvalue weighted by Gasteiger charge is -2.35. The zero-order chi connectivity index (χ0) is 20.6. The van der Waals surface area contributed by atoms with E-state index in [4.69, 9.17) is 0 Å². The molecule has 3 rings (SSSR count). The second-order valence-corrected chi connectivity index (χ2v) is 7.96. The van der Waals surface area contributed by atoms with Gasteiger partial charge in [0.25, 0.3) is 0 Å². The standard InChI is InChI=1S/C19H29N7O2/c1-11-18(13(3)27)12(2)26(23-11)10-17(28)20-15-7-14(8-15)19-22-21-16(25(19)6)9-24(4)5/h14-15H,7-10H2,1-6H3,(H,20,28). The molecular weight excluding hydrogens is 358 g/mol. The van der Waals surface area contributed by atoms with Crippen LogP contribution in [0.15, 0.2) is 0 Å². The lowest BCUT2D eigenvalue weighted by Crippen LogP contribution is -2.45. The summed E-state index contributed by atoms with van der Waals surface area (Å²) in [5, 5.41) is 16.0. The molecule has 0 unspecified atom stereocenters. The van der Waals surface area contributed by atoms with E-state index >= 15 is 0 Å².